The topological polar surface area (TPSA) is 99.4 Å². The fraction of sp³-hybridized carbons (Fsp3) is 0. The van der Waals surface area contributed by atoms with Gasteiger partial charge in [0.2, 0.25) is 0 Å². The van der Waals surface area contributed by atoms with E-state index in [9.17, 15) is 18.5 Å². The predicted molar refractivity (Wildman–Crippen MR) is 75.2 cm³/mol. The van der Waals surface area contributed by atoms with Gasteiger partial charge < -0.3 is 4.18 Å². The first kappa shape index (κ1) is 15.5. The molecule has 0 saturated heterocycles. The molecular weight excluding hydrogens is 343 g/mol. The van der Waals surface area contributed by atoms with Crippen molar-refractivity contribution in [3.8, 4) is 5.75 Å². The quantitative estimate of drug-likeness (QED) is 0.364. The van der Waals surface area contributed by atoms with E-state index in [0.29, 0.717) is 0 Å². The van der Waals surface area contributed by atoms with Gasteiger partial charge in [-0.1, -0.05) is 29.3 Å². The summed E-state index contributed by atoms with van der Waals surface area (Å²) in [6.07, 6.45) is 0.973. The molecule has 0 spiro atoms. The average molecular weight is 349 g/mol. The molecule has 0 bridgehead atoms. The fourth-order valence-electron chi connectivity index (χ4n) is 1.36. The SMILES string of the molecule is O=[N+]([O-])c1cccc(OS(=O)(=O)c2cnc(Cl)c(Cl)c2)c1. The monoisotopic (exact) mass is 348 g/mol. The molecule has 1 aromatic heterocycles. The minimum absolute atomic E-state index is 0.0500. The van der Waals surface area contributed by atoms with Crippen LogP contribution in [-0.2, 0) is 10.1 Å². The predicted octanol–water partition coefficient (Wildman–Crippen LogP) is 3.06. The third-order valence-corrected chi connectivity index (χ3v) is 4.19. The Labute approximate surface area is 129 Å². The van der Waals surface area contributed by atoms with Gasteiger partial charge in [-0.2, -0.15) is 8.42 Å². The first-order valence-electron chi connectivity index (χ1n) is 5.29. The van der Waals surface area contributed by atoms with Crippen molar-refractivity contribution in [3.05, 3.63) is 56.8 Å². The summed E-state index contributed by atoms with van der Waals surface area (Å²) in [6, 6.07) is 5.85. The summed E-state index contributed by atoms with van der Waals surface area (Å²) in [4.78, 5) is 13.2. The van der Waals surface area contributed by atoms with Gasteiger partial charge in [0.1, 0.15) is 15.8 Å². The Hall–Kier alpha value is -1.90. The van der Waals surface area contributed by atoms with Crippen molar-refractivity contribution in [2.45, 2.75) is 4.90 Å². The molecule has 1 aromatic carbocycles. The van der Waals surface area contributed by atoms with Crippen LogP contribution in [0.2, 0.25) is 10.2 Å². The Morgan fingerprint density at radius 1 is 1.24 bits per heavy atom. The highest BCUT2D eigenvalue weighted by Gasteiger charge is 2.20. The fourth-order valence-corrected chi connectivity index (χ4v) is 2.60. The summed E-state index contributed by atoms with van der Waals surface area (Å²) in [6.45, 7) is 0. The summed E-state index contributed by atoms with van der Waals surface area (Å²) >= 11 is 11.3. The molecule has 0 unspecified atom stereocenters. The van der Waals surface area contributed by atoms with Crippen LogP contribution in [0.1, 0.15) is 0 Å². The number of benzene rings is 1. The second-order valence-electron chi connectivity index (χ2n) is 3.74. The van der Waals surface area contributed by atoms with Crippen LogP contribution >= 0.6 is 23.2 Å². The molecule has 0 atom stereocenters. The summed E-state index contributed by atoms with van der Waals surface area (Å²) in [5, 5.41) is 10.5. The van der Waals surface area contributed by atoms with Crippen LogP contribution in [0.5, 0.6) is 5.75 Å². The Morgan fingerprint density at radius 2 is 1.95 bits per heavy atom. The van der Waals surface area contributed by atoms with E-state index in [2.05, 4.69) is 4.98 Å². The van der Waals surface area contributed by atoms with Crippen molar-refractivity contribution in [1.82, 2.24) is 4.98 Å². The maximum absolute atomic E-state index is 12.0. The van der Waals surface area contributed by atoms with Gasteiger partial charge in [0, 0.05) is 6.07 Å². The standard InChI is InChI=1S/C11H6Cl2N2O5S/c12-10-5-9(6-14-11(10)13)21(18,19)20-8-3-1-2-7(4-8)15(16)17/h1-6H. The highest BCUT2D eigenvalue weighted by atomic mass is 35.5. The molecule has 110 valence electrons. The van der Waals surface area contributed by atoms with Crippen LogP contribution in [0.25, 0.3) is 0 Å². The molecule has 21 heavy (non-hydrogen) atoms. The van der Waals surface area contributed by atoms with E-state index in [4.69, 9.17) is 27.4 Å². The van der Waals surface area contributed by atoms with Crippen LogP contribution in [-0.4, -0.2) is 18.3 Å². The van der Waals surface area contributed by atoms with E-state index in [0.717, 1.165) is 18.3 Å². The van der Waals surface area contributed by atoms with Crippen molar-refractivity contribution in [3.63, 3.8) is 0 Å². The Kier molecular flexibility index (Phi) is 4.31. The molecule has 0 saturated carbocycles. The zero-order chi connectivity index (χ0) is 15.6. The zero-order valence-corrected chi connectivity index (χ0v) is 12.4. The molecule has 0 amide bonds. The van der Waals surface area contributed by atoms with E-state index >= 15 is 0 Å². The number of aromatic nitrogens is 1. The van der Waals surface area contributed by atoms with Gasteiger partial charge in [0.15, 0.2) is 0 Å². The number of nitro groups is 1. The molecule has 2 rings (SSSR count). The van der Waals surface area contributed by atoms with Gasteiger partial charge in [0.25, 0.3) is 5.69 Å². The lowest BCUT2D eigenvalue weighted by Gasteiger charge is -2.07. The van der Waals surface area contributed by atoms with Crippen LogP contribution < -0.4 is 4.18 Å². The molecule has 10 heteroatoms. The number of nitro benzene ring substituents is 1. The summed E-state index contributed by atoms with van der Waals surface area (Å²) in [5.74, 6) is -0.199. The maximum atomic E-state index is 12.0. The second kappa shape index (κ2) is 5.84. The highest BCUT2D eigenvalue weighted by Crippen LogP contribution is 2.26. The minimum atomic E-state index is -4.22. The van der Waals surface area contributed by atoms with Gasteiger partial charge in [-0.3, -0.25) is 10.1 Å². The molecule has 0 aliphatic carbocycles. The highest BCUT2D eigenvalue weighted by molar-refractivity contribution is 7.87. The molecule has 0 fully saturated rings. The molecule has 0 radical (unpaired) electrons. The number of non-ortho nitro benzene ring substituents is 1. The molecular formula is C11H6Cl2N2O5S. The van der Waals surface area contributed by atoms with Crippen molar-refractivity contribution < 1.29 is 17.5 Å². The van der Waals surface area contributed by atoms with Gasteiger partial charge in [-0.25, -0.2) is 4.98 Å². The maximum Gasteiger partial charge on any atom is 0.340 e. The lowest BCUT2D eigenvalue weighted by atomic mass is 10.3. The molecule has 0 aliphatic heterocycles. The third-order valence-electron chi connectivity index (χ3n) is 2.29. The summed E-state index contributed by atoms with van der Waals surface area (Å²) in [5.41, 5.74) is -0.296. The number of hydrogen-bond donors (Lipinski definition) is 0. The zero-order valence-electron chi connectivity index (χ0n) is 10.1. The van der Waals surface area contributed by atoms with Crippen molar-refractivity contribution in [2.24, 2.45) is 0 Å². The van der Waals surface area contributed by atoms with Crippen LogP contribution in [0.3, 0.4) is 0 Å². The summed E-state index contributed by atoms with van der Waals surface area (Å²) < 4.78 is 28.8. The largest absolute Gasteiger partial charge is 0.379 e. The second-order valence-corrected chi connectivity index (χ2v) is 6.05. The smallest absolute Gasteiger partial charge is 0.340 e. The lowest BCUT2D eigenvalue weighted by Crippen LogP contribution is -2.10. The van der Waals surface area contributed by atoms with Gasteiger partial charge in [-0.05, 0) is 12.1 Å². The van der Waals surface area contributed by atoms with Crippen LogP contribution in [0, 0.1) is 10.1 Å². The minimum Gasteiger partial charge on any atom is -0.379 e. The Balaban J connectivity index is 2.35. The van der Waals surface area contributed by atoms with E-state index in [1.54, 1.807) is 0 Å². The molecule has 1 heterocycles. The molecule has 7 nitrogen and oxygen atoms in total. The molecule has 0 aliphatic rings. The Bertz CT molecular complexity index is 810. The van der Waals surface area contributed by atoms with E-state index < -0.39 is 15.0 Å². The van der Waals surface area contributed by atoms with E-state index in [1.165, 1.54) is 18.2 Å². The number of halogens is 2. The first-order chi connectivity index (χ1) is 9.79. The van der Waals surface area contributed by atoms with Gasteiger partial charge in [-0.15, -0.1) is 0 Å². The van der Waals surface area contributed by atoms with E-state index in [1.807, 2.05) is 0 Å². The van der Waals surface area contributed by atoms with Crippen molar-refractivity contribution in [1.29, 1.82) is 0 Å². The first-order valence-corrected chi connectivity index (χ1v) is 7.46. The van der Waals surface area contributed by atoms with E-state index in [-0.39, 0.29) is 26.5 Å². The van der Waals surface area contributed by atoms with Crippen LogP contribution in [0.4, 0.5) is 5.69 Å². The average Bonchev–Trinajstić information content (AvgIpc) is 2.41. The number of rotatable bonds is 4. The number of nitrogens with zero attached hydrogens (tertiary/aromatic N) is 2. The number of pyridine rings is 1. The number of hydrogen-bond acceptors (Lipinski definition) is 6. The third kappa shape index (κ3) is 3.60. The van der Waals surface area contributed by atoms with Gasteiger partial charge >= 0.3 is 10.1 Å². The molecule has 0 N–H and O–H groups in total. The lowest BCUT2D eigenvalue weighted by molar-refractivity contribution is -0.384. The van der Waals surface area contributed by atoms with Gasteiger partial charge in [0.05, 0.1) is 22.2 Å². The summed E-state index contributed by atoms with van der Waals surface area (Å²) in [7, 11) is -4.22. The van der Waals surface area contributed by atoms with Crippen molar-refractivity contribution in [2.75, 3.05) is 0 Å². The normalized spacial score (nSPS) is 11.1. The Morgan fingerprint density at radius 3 is 2.57 bits per heavy atom. The van der Waals surface area contributed by atoms with Crippen molar-refractivity contribution >= 4 is 39.0 Å². The molecule has 2 aromatic rings. The van der Waals surface area contributed by atoms with Crippen LogP contribution in [0.15, 0.2) is 41.4 Å².